The minimum atomic E-state index is -0.0347. The van der Waals surface area contributed by atoms with Crippen LogP contribution in [-0.2, 0) is 4.74 Å². The van der Waals surface area contributed by atoms with E-state index in [1.807, 2.05) is 6.07 Å². The molecule has 1 aliphatic heterocycles. The number of fused-ring (bicyclic) bond motifs is 1. The molecular weight excluding hydrogens is 264 g/mol. The first-order chi connectivity index (χ1) is 10.1. The zero-order valence-corrected chi connectivity index (χ0v) is 12.7. The van der Waals surface area contributed by atoms with Crippen LogP contribution >= 0.6 is 0 Å². The molecule has 1 unspecified atom stereocenters. The summed E-state index contributed by atoms with van der Waals surface area (Å²) in [5.41, 5.74) is 2.95. The predicted molar refractivity (Wildman–Crippen MR) is 82.7 cm³/mol. The van der Waals surface area contributed by atoms with Gasteiger partial charge in [0.2, 0.25) is 0 Å². The van der Waals surface area contributed by atoms with Gasteiger partial charge in [0, 0.05) is 24.3 Å². The molecule has 1 saturated heterocycles. The Morgan fingerprint density at radius 1 is 1.24 bits per heavy atom. The first-order valence-corrected chi connectivity index (χ1v) is 7.90. The lowest BCUT2D eigenvalue weighted by Gasteiger charge is -2.36. The molecule has 2 fully saturated rings. The molecule has 1 aliphatic carbocycles. The van der Waals surface area contributed by atoms with E-state index in [0.29, 0.717) is 12.0 Å². The molecule has 4 heteroatoms. The summed E-state index contributed by atoms with van der Waals surface area (Å²) in [5.74, 6) is 1.47. The molecule has 0 amide bonds. The first kappa shape index (κ1) is 13.1. The third-order valence-corrected chi connectivity index (χ3v) is 4.40. The Labute approximate surface area is 124 Å². The molecule has 4 rings (SSSR count). The predicted octanol–water partition coefficient (Wildman–Crippen LogP) is 4.07. The minimum Gasteiger partial charge on any atom is -0.440 e. The highest BCUT2D eigenvalue weighted by atomic mass is 16.5. The maximum Gasteiger partial charge on any atom is 0.198 e. The van der Waals surface area contributed by atoms with Gasteiger partial charge < -0.3 is 14.5 Å². The topological polar surface area (TPSA) is 47.3 Å². The minimum absolute atomic E-state index is 0.0347. The highest BCUT2D eigenvalue weighted by Crippen LogP contribution is 2.40. The van der Waals surface area contributed by atoms with Crippen molar-refractivity contribution in [2.24, 2.45) is 0 Å². The Hall–Kier alpha value is -1.55. The Morgan fingerprint density at radius 3 is 2.86 bits per heavy atom. The van der Waals surface area contributed by atoms with Crippen molar-refractivity contribution >= 4 is 16.8 Å². The zero-order chi connectivity index (χ0) is 14.4. The lowest BCUT2D eigenvalue weighted by molar-refractivity contribution is -0.0553. The molecule has 1 aromatic carbocycles. The quantitative estimate of drug-likeness (QED) is 0.923. The normalized spacial score (nSPS) is 25.1. The summed E-state index contributed by atoms with van der Waals surface area (Å²) in [5, 5.41) is 3.62. The van der Waals surface area contributed by atoms with Crippen molar-refractivity contribution in [2.45, 2.75) is 57.1 Å². The second kappa shape index (κ2) is 4.73. The lowest BCUT2D eigenvalue weighted by atomic mass is 9.94. The monoisotopic (exact) mass is 286 g/mol. The van der Waals surface area contributed by atoms with Gasteiger partial charge in [-0.05, 0) is 57.7 Å². The van der Waals surface area contributed by atoms with E-state index >= 15 is 0 Å². The van der Waals surface area contributed by atoms with Crippen molar-refractivity contribution in [3.05, 3.63) is 24.1 Å². The molecule has 2 heterocycles. The Kier molecular flexibility index (Phi) is 2.96. The number of hydrogen-bond donors (Lipinski definition) is 1. The summed E-state index contributed by atoms with van der Waals surface area (Å²) in [4.78, 5) is 4.63. The van der Waals surface area contributed by atoms with Gasteiger partial charge in [0.25, 0.3) is 0 Å². The smallest absolute Gasteiger partial charge is 0.198 e. The highest BCUT2D eigenvalue weighted by molar-refractivity contribution is 5.77. The number of oxazole rings is 1. The molecule has 2 aliphatic rings. The highest BCUT2D eigenvalue weighted by Gasteiger charge is 2.30. The van der Waals surface area contributed by atoms with Crippen molar-refractivity contribution in [2.75, 3.05) is 11.9 Å². The van der Waals surface area contributed by atoms with Crippen molar-refractivity contribution in [3.63, 3.8) is 0 Å². The number of hydrogen-bond acceptors (Lipinski definition) is 4. The number of nitrogens with zero attached hydrogens (tertiary/aromatic N) is 1. The van der Waals surface area contributed by atoms with Crippen LogP contribution in [0.1, 0.15) is 51.3 Å². The van der Waals surface area contributed by atoms with Crippen LogP contribution in [0, 0.1) is 0 Å². The molecule has 1 aromatic heterocycles. The van der Waals surface area contributed by atoms with E-state index in [4.69, 9.17) is 9.15 Å². The van der Waals surface area contributed by atoms with Crippen LogP contribution < -0.4 is 5.32 Å². The summed E-state index contributed by atoms with van der Waals surface area (Å²) in [6.45, 7) is 5.13. The van der Waals surface area contributed by atoms with Crippen molar-refractivity contribution in [1.29, 1.82) is 0 Å². The second-order valence-electron chi connectivity index (χ2n) is 6.95. The maximum atomic E-state index is 5.81. The fraction of sp³-hybridized carbons (Fsp3) is 0.588. The van der Waals surface area contributed by atoms with E-state index in [1.54, 1.807) is 0 Å². The van der Waals surface area contributed by atoms with E-state index in [9.17, 15) is 0 Å². The Balaban J connectivity index is 1.53. The van der Waals surface area contributed by atoms with Crippen LogP contribution in [0.4, 0.5) is 5.69 Å². The van der Waals surface area contributed by atoms with Crippen molar-refractivity contribution in [1.82, 2.24) is 4.98 Å². The number of aromatic nitrogens is 1. The number of anilines is 1. The third kappa shape index (κ3) is 2.77. The number of ether oxygens (including phenoxy) is 1. The molecule has 21 heavy (non-hydrogen) atoms. The first-order valence-electron chi connectivity index (χ1n) is 7.90. The standard InChI is InChI=1S/C17H22N2O2/c1-17(2)10-13(7-8-20-17)18-12-5-6-15-14(9-12)19-16(21-15)11-3-4-11/h5-6,9,11,13,18H,3-4,7-8,10H2,1-2H3. The summed E-state index contributed by atoms with van der Waals surface area (Å²) in [7, 11) is 0. The fourth-order valence-electron chi connectivity index (χ4n) is 3.13. The van der Waals surface area contributed by atoms with E-state index in [2.05, 4.69) is 36.3 Å². The van der Waals surface area contributed by atoms with Gasteiger partial charge in [-0.1, -0.05) is 0 Å². The fourth-order valence-corrected chi connectivity index (χ4v) is 3.13. The molecule has 4 nitrogen and oxygen atoms in total. The molecule has 0 radical (unpaired) electrons. The number of benzene rings is 1. The molecule has 2 aromatic rings. The van der Waals surface area contributed by atoms with Crippen LogP contribution in [0.3, 0.4) is 0 Å². The average Bonchev–Trinajstić information content (AvgIpc) is 3.18. The van der Waals surface area contributed by atoms with Crippen LogP contribution in [0.25, 0.3) is 11.1 Å². The molecule has 0 spiro atoms. The van der Waals surface area contributed by atoms with Crippen LogP contribution in [-0.4, -0.2) is 23.2 Å². The van der Waals surface area contributed by atoms with Crippen LogP contribution in [0.15, 0.2) is 22.6 Å². The molecule has 1 N–H and O–H groups in total. The largest absolute Gasteiger partial charge is 0.440 e. The third-order valence-electron chi connectivity index (χ3n) is 4.40. The van der Waals surface area contributed by atoms with E-state index in [0.717, 1.165) is 42.1 Å². The summed E-state index contributed by atoms with van der Waals surface area (Å²) in [6.07, 6.45) is 4.51. The molecule has 112 valence electrons. The number of nitrogens with one attached hydrogen (secondary N) is 1. The molecule has 0 bridgehead atoms. The summed E-state index contributed by atoms with van der Waals surface area (Å²) >= 11 is 0. The average molecular weight is 286 g/mol. The van der Waals surface area contributed by atoms with Gasteiger partial charge in [-0.2, -0.15) is 0 Å². The molecule has 1 atom stereocenters. The lowest BCUT2D eigenvalue weighted by Crippen LogP contribution is -2.40. The van der Waals surface area contributed by atoms with Gasteiger partial charge in [-0.3, -0.25) is 0 Å². The van der Waals surface area contributed by atoms with E-state index < -0.39 is 0 Å². The molecular formula is C17H22N2O2. The summed E-state index contributed by atoms with van der Waals surface area (Å²) < 4.78 is 11.6. The Bertz CT molecular complexity index is 658. The van der Waals surface area contributed by atoms with Gasteiger partial charge in [-0.25, -0.2) is 4.98 Å². The van der Waals surface area contributed by atoms with Gasteiger partial charge in [-0.15, -0.1) is 0 Å². The van der Waals surface area contributed by atoms with Crippen LogP contribution in [0.2, 0.25) is 0 Å². The number of rotatable bonds is 3. The van der Waals surface area contributed by atoms with Gasteiger partial charge in [0.1, 0.15) is 5.52 Å². The van der Waals surface area contributed by atoms with Crippen molar-refractivity contribution in [3.8, 4) is 0 Å². The van der Waals surface area contributed by atoms with Gasteiger partial charge >= 0.3 is 0 Å². The summed E-state index contributed by atoms with van der Waals surface area (Å²) in [6, 6.07) is 6.68. The molecule has 1 saturated carbocycles. The van der Waals surface area contributed by atoms with E-state index in [-0.39, 0.29) is 5.60 Å². The zero-order valence-electron chi connectivity index (χ0n) is 12.7. The van der Waals surface area contributed by atoms with Gasteiger partial charge in [0.05, 0.1) is 5.60 Å². The van der Waals surface area contributed by atoms with Crippen LogP contribution in [0.5, 0.6) is 0 Å². The van der Waals surface area contributed by atoms with Crippen molar-refractivity contribution < 1.29 is 9.15 Å². The Morgan fingerprint density at radius 2 is 2.10 bits per heavy atom. The SMILES string of the molecule is CC1(C)CC(Nc2ccc3oc(C4CC4)nc3c2)CCO1. The van der Waals surface area contributed by atoms with Gasteiger partial charge in [0.15, 0.2) is 11.5 Å². The maximum absolute atomic E-state index is 5.81. The van der Waals surface area contributed by atoms with E-state index in [1.165, 1.54) is 12.8 Å². The second-order valence-corrected chi connectivity index (χ2v) is 6.95.